The molecule has 132 valence electrons. The maximum Gasteiger partial charge on any atom is 0.0459 e. The molecule has 0 bridgehead atoms. The summed E-state index contributed by atoms with van der Waals surface area (Å²) in [7, 11) is 0. The molecule has 1 heteroatoms. The number of fused-ring (bicyclic) bond motifs is 5. The van der Waals surface area contributed by atoms with Crippen LogP contribution in [-0.4, -0.2) is 11.7 Å². The van der Waals surface area contributed by atoms with Gasteiger partial charge < -0.3 is 5.11 Å². The Morgan fingerprint density at radius 2 is 1.65 bits per heavy atom. The van der Waals surface area contributed by atoms with Crippen molar-refractivity contribution < 1.29 is 5.11 Å². The minimum absolute atomic E-state index is 0.390. The highest BCUT2D eigenvalue weighted by molar-refractivity contribution is 5.09. The Morgan fingerprint density at radius 3 is 2.43 bits per heavy atom. The average Bonchev–Trinajstić information content (AvgIpc) is 2.91. The third-order valence-electron chi connectivity index (χ3n) is 9.63. The van der Waals surface area contributed by atoms with Gasteiger partial charge in [-0.25, -0.2) is 0 Å². The van der Waals surface area contributed by atoms with Crippen molar-refractivity contribution in [2.24, 2.45) is 46.3 Å². The Hall–Kier alpha value is -0.0400. The van der Waals surface area contributed by atoms with E-state index in [0.29, 0.717) is 23.4 Å². The largest absolute Gasteiger partial charge is 0.396 e. The van der Waals surface area contributed by atoms with Crippen LogP contribution >= 0.6 is 0 Å². The molecule has 4 rings (SSSR count). The fourth-order valence-corrected chi connectivity index (χ4v) is 8.40. The first kappa shape index (κ1) is 16.4. The average molecular weight is 319 g/mol. The van der Waals surface area contributed by atoms with E-state index in [9.17, 15) is 5.11 Å². The maximum absolute atomic E-state index is 9.73. The van der Waals surface area contributed by atoms with E-state index in [1.807, 2.05) is 0 Å². The van der Waals surface area contributed by atoms with Crippen molar-refractivity contribution in [1.29, 1.82) is 0 Å². The minimum Gasteiger partial charge on any atom is -0.396 e. The molecule has 0 amide bonds. The second-order valence-corrected chi connectivity index (χ2v) is 10.3. The van der Waals surface area contributed by atoms with Crippen LogP contribution in [0.15, 0.2) is 0 Å². The van der Waals surface area contributed by atoms with Crippen molar-refractivity contribution in [2.75, 3.05) is 6.61 Å². The van der Waals surface area contributed by atoms with E-state index in [1.54, 1.807) is 0 Å². The van der Waals surface area contributed by atoms with Crippen LogP contribution in [0.5, 0.6) is 0 Å². The lowest BCUT2D eigenvalue weighted by Gasteiger charge is -2.60. The van der Waals surface area contributed by atoms with Crippen LogP contribution in [0.25, 0.3) is 0 Å². The molecule has 0 saturated heterocycles. The molecule has 1 nitrogen and oxygen atoms in total. The number of aliphatic hydroxyl groups excluding tert-OH is 1. The predicted molar refractivity (Wildman–Crippen MR) is 96.1 cm³/mol. The van der Waals surface area contributed by atoms with Crippen molar-refractivity contribution in [2.45, 2.75) is 85.0 Å². The van der Waals surface area contributed by atoms with Gasteiger partial charge in [0.2, 0.25) is 0 Å². The van der Waals surface area contributed by atoms with Crippen LogP contribution in [0.3, 0.4) is 0 Å². The van der Waals surface area contributed by atoms with Gasteiger partial charge in [-0.2, -0.15) is 0 Å². The van der Waals surface area contributed by atoms with Gasteiger partial charge in [0.15, 0.2) is 0 Å². The molecule has 4 aliphatic rings. The Labute approximate surface area is 143 Å². The van der Waals surface area contributed by atoms with Gasteiger partial charge in [-0.15, -0.1) is 0 Å². The van der Waals surface area contributed by atoms with Crippen LogP contribution in [-0.2, 0) is 0 Å². The van der Waals surface area contributed by atoms with Crippen LogP contribution in [0.1, 0.15) is 85.0 Å². The van der Waals surface area contributed by atoms with E-state index in [4.69, 9.17) is 0 Å². The topological polar surface area (TPSA) is 20.2 Å². The molecular formula is C22H38O. The molecule has 4 aliphatic carbocycles. The third kappa shape index (κ3) is 2.28. The minimum atomic E-state index is 0.390. The van der Waals surface area contributed by atoms with Crippen LogP contribution in [0, 0.1) is 46.3 Å². The molecule has 1 N–H and O–H groups in total. The first-order chi connectivity index (χ1) is 11.0. The Bertz CT molecular complexity index is 445. The highest BCUT2D eigenvalue weighted by Crippen LogP contribution is 2.68. The summed E-state index contributed by atoms with van der Waals surface area (Å²) < 4.78 is 0. The van der Waals surface area contributed by atoms with Crippen molar-refractivity contribution in [3.8, 4) is 0 Å². The van der Waals surface area contributed by atoms with Gasteiger partial charge in [-0.3, -0.25) is 0 Å². The number of rotatable bonds is 2. The normalized spacial score (nSPS) is 54.0. The van der Waals surface area contributed by atoms with Gasteiger partial charge in [0.1, 0.15) is 0 Å². The van der Waals surface area contributed by atoms with E-state index < -0.39 is 0 Å². The molecule has 0 aromatic heterocycles. The monoisotopic (exact) mass is 318 g/mol. The SMILES string of the molecule is C[C@H](CO)[C@H]1CC[C@H]2[C@@H]3CC[C@H]4CCCC[C@]4(C)[C@H]3CC[C@]12C. The molecule has 0 aliphatic heterocycles. The highest BCUT2D eigenvalue weighted by atomic mass is 16.3. The molecule has 8 atom stereocenters. The molecule has 4 fully saturated rings. The van der Waals surface area contributed by atoms with Gasteiger partial charge in [0.25, 0.3) is 0 Å². The molecule has 0 unspecified atom stereocenters. The maximum atomic E-state index is 9.73. The number of hydrogen-bond donors (Lipinski definition) is 1. The first-order valence-electron chi connectivity index (χ1n) is 10.6. The summed E-state index contributed by atoms with van der Waals surface area (Å²) in [6.07, 6.45) is 14.8. The van der Waals surface area contributed by atoms with Gasteiger partial charge in [-0.1, -0.05) is 33.6 Å². The zero-order valence-corrected chi connectivity index (χ0v) is 15.7. The van der Waals surface area contributed by atoms with Crippen molar-refractivity contribution in [3.05, 3.63) is 0 Å². The van der Waals surface area contributed by atoms with Crippen LogP contribution in [0.4, 0.5) is 0 Å². The van der Waals surface area contributed by atoms with E-state index in [-0.39, 0.29) is 0 Å². The molecule has 0 radical (unpaired) electrons. The zero-order valence-electron chi connectivity index (χ0n) is 15.7. The summed E-state index contributed by atoms with van der Waals surface area (Å²) in [5, 5.41) is 9.73. The van der Waals surface area contributed by atoms with Crippen molar-refractivity contribution in [3.63, 3.8) is 0 Å². The standard InChI is InChI=1S/C22H38O/c1-15(14-23)18-9-10-19-17-8-7-16-6-4-5-12-21(16,2)20(17)11-13-22(18,19)3/h15-20,23H,4-14H2,1-3H3/t15-,16-,17+,18-,19+,20+,21+,22-/m1/s1. The summed E-state index contributed by atoms with van der Waals surface area (Å²) >= 11 is 0. The quantitative estimate of drug-likeness (QED) is 0.696. The van der Waals surface area contributed by atoms with Crippen LogP contribution in [0.2, 0.25) is 0 Å². The third-order valence-corrected chi connectivity index (χ3v) is 9.63. The number of hydrogen-bond acceptors (Lipinski definition) is 1. The second kappa shape index (κ2) is 5.75. The first-order valence-corrected chi connectivity index (χ1v) is 10.6. The summed E-state index contributed by atoms with van der Waals surface area (Å²) in [6, 6.07) is 0. The van der Waals surface area contributed by atoms with Gasteiger partial charge >= 0.3 is 0 Å². The van der Waals surface area contributed by atoms with E-state index in [2.05, 4.69) is 20.8 Å². The molecule has 23 heavy (non-hydrogen) atoms. The van der Waals surface area contributed by atoms with Crippen LogP contribution < -0.4 is 0 Å². The molecule has 0 aromatic rings. The van der Waals surface area contributed by atoms with E-state index in [0.717, 1.165) is 29.6 Å². The summed E-state index contributed by atoms with van der Waals surface area (Å²) in [6.45, 7) is 7.97. The summed E-state index contributed by atoms with van der Waals surface area (Å²) in [5.74, 6) is 5.29. The lowest BCUT2D eigenvalue weighted by molar-refractivity contribution is -0.115. The lowest BCUT2D eigenvalue weighted by Crippen LogP contribution is -2.53. The molecule has 0 spiro atoms. The van der Waals surface area contributed by atoms with Crippen molar-refractivity contribution >= 4 is 0 Å². The highest BCUT2D eigenvalue weighted by Gasteiger charge is 2.59. The fourth-order valence-electron chi connectivity index (χ4n) is 8.40. The smallest absolute Gasteiger partial charge is 0.0459 e. The van der Waals surface area contributed by atoms with Gasteiger partial charge in [0, 0.05) is 6.61 Å². The van der Waals surface area contributed by atoms with Crippen molar-refractivity contribution in [1.82, 2.24) is 0 Å². The van der Waals surface area contributed by atoms with E-state index >= 15 is 0 Å². The Morgan fingerprint density at radius 1 is 0.870 bits per heavy atom. The Kier molecular flexibility index (Phi) is 4.11. The van der Waals surface area contributed by atoms with E-state index in [1.165, 1.54) is 64.2 Å². The summed E-state index contributed by atoms with van der Waals surface area (Å²) in [4.78, 5) is 0. The Balaban J connectivity index is 1.60. The second-order valence-electron chi connectivity index (χ2n) is 10.3. The predicted octanol–water partition coefficient (Wildman–Crippen LogP) is 5.66. The summed E-state index contributed by atoms with van der Waals surface area (Å²) in [5.41, 5.74) is 1.20. The zero-order chi connectivity index (χ0) is 16.2. The van der Waals surface area contributed by atoms with Gasteiger partial charge in [-0.05, 0) is 97.7 Å². The molecule has 0 heterocycles. The lowest BCUT2D eigenvalue weighted by atomic mass is 9.44. The molecule has 0 aromatic carbocycles. The van der Waals surface area contributed by atoms with Gasteiger partial charge in [0.05, 0.1) is 0 Å². The number of aliphatic hydroxyl groups is 1. The molecule has 4 saturated carbocycles. The molecular weight excluding hydrogens is 280 g/mol. The fraction of sp³-hybridized carbons (Fsp3) is 1.00.